The van der Waals surface area contributed by atoms with Crippen molar-refractivity contribution in [2.75, 3.05) is 5.32 Å². The summed E-state index contributed by atoms with van der Waals surface area (Å²) in [6, 6.07) is 11.6. The molecule has 0 saturated heterocycles. The summed E-state index contributed by atoms with van der Waals surface area (Å²) < 4.78 is 0.876. The van der Waals surface area contributed by atoms with E-state index in [1.807, 2.05) is 36.4 Å². The van der Waals surface area contributed by atoms with Gasteiger partial charge in [-0.2, -0.15) is 0 Å². The van der Waals surface area contributed by atoms with E-state index < -0.39 is 5.41 Å². The van der Waals surface area contributed by atoms with Crippen molar-refractivity contribution in [1.29, 1.82) is 0 Å². The summed E-state index contributed by atoms with van der Waals surface area (Å²) >= 11 is 3.38. The van der Waals surface area contributed by atoms with Crippen LogP contribution in [-0.2, 0) is 15.6 Å². The number of rotatable bonds is 2. The Labute approximate surface area is 172 Å². The van der Waals surface area contributed by atoms with E-state index in [0.717, 1.165) is 39.7 Å². The second-order valence-corrected chi connectivity index (χ2v) is 9.50. The summed E-state index contributed by atoms with van der Waals surface area (Å²) in [4.78, 5) is 28.0. The van der Waals surface area contributed by atoms with Gasteiger partial charge < -0.3 is 5.32 Å². The SMILES string of the molecule is CC12CCC(C(=O)Nc3ccc(Br)cn3)(c3nc4ccccc4nc31)C2(C)C. The lowest BCUT2D eigenvalue weighted by atomic mass is 9.63. The molecule has 5 rings (SSSR count). The Morgan fingerprint density at radius 1 is 1.00 bits per heavy atom. The van der Waals surface area contributed by atoms with E-state index in [9.17, 15) is 4.79 Å². The van der Waals surface area contributed by atoms with Gasteiger partial charge in [-0.1, -0.05) is 32.9 Å². The van der Waals surface area contributed by atoms with Crippen LogP contribution in [0.1, 0.15) is 45.0 Å². The molecule has 1 saturated carbocycles. The molecule has 28 heavy (non-hydrogen) atoms. The highest BCUT2D eigenvalue weighted by Gasteiger charge is 2.73. The molecule has 2 aliphatic rings. The van der Waals surface area contributed by atoms with Crippen LogP contribution in [0.15, 0.2) is 47.1 Å². The van der Waals surface area contributed by atoms with Crippen LogP contribution in [0.5, 0.6) is 0 Å². The third-order valence-corrected chi connectivity index (χ3v) is 7.77. The smallest absolute Gasteiger partial charge is 0.238 e. The number of nitrogens with one attached hydrogen (secondary N) is 1. The number of amides is 1. The van der Waals surface area contributed by atoms with Gasteiger partial charge >= 0.3 is 0 Å². The van der Waals surface area contributed by atoms with Gasteiger partial charge in [0.25, 0.3) is 0 Å². The lowest BCUT2D eigenvalue weighted by Crippen LogP contribution is -2.48. The van der Waals surface area contributed by atoms with Crippen LogP contribution in [-0.4, -0.2) is 20.9 Å². The van der Waals surface area contributed by atoms with Gasteiger partial charge in [0.15, 0.2) is 0 Å². The van der Waals surface area contributed by atoms with Crippen LogP contribution in [0.4, 0.5) is 5.82 Å². The number of hydrogen-bond acceptors (Lipinski definition) is 4. The second-order valence-electron chi connectivity index (χ2n) is 8.59. The summed E-state index contributed by atoms with van der Waals surface area (Å²) in [5.41, 5.74) is 2.31. The molecule has 2 aromatic heterocycles. The topological polar surface area (TPSA) is 67.8 Å². The summed E-state index contributed by atoms with van der Waals surface area (Å²) in [6.45, 7) is 6.60. The highest BCUT2D eigenvalue weighted by Crippen LogP contribution is 2.70. The van der Waals surface area contributed by atoms with Crippen LogP contribution < -0.4 is 5.32 Å². The number of nitrogens with zero attached hydrogens (tertiary/aromatic N) is 3. The lowest BCUT2D eigenvalue weighted by molar-refractivity contribution is -0.125. The number of carbonyl (C=O) groups is 1. The molecule has 1 aromatic carbocycles. The third kappa shape index (κ3) is 2.01. The standard InChI is InChI=1S/C22H21BrN4O/c1-20(2)21(3)10-11-22(20,19(28)27-16-9-8-13(23)12-24-16)18-17(21)25-14-6-4-5-7-15(14)26-18/h4-9,12H,10-11H2,1-3H3,(H,24,27,28). The Hall–Kier alpha value is -2.34. The predicted octanol–water partition coefficient (Wildman–Crippen LogP) is 4.76. The molecular weight excluding hydrogens is 416 g/mol. The summed E-state index contributed by atoms with van der Waals surface area (Å²) in [5, 5.41) is 3.05. The molecule has 5 nitrogen and oxygen atoms in total. The number of aromatic nitrogens is 3. The number of halogens is 1. The molecule has 2 atom stereocenters. The molecule has 2 unspecified atom stereocenters. The fraction of sp³-hybridized carbons (Fsp3) is 0.364. The van der Waals surface area contributed by atoms with Gasteiger partial charge in [-0.15, -0.1) is 0 Å². The van der Waals surface area contributed by atoms with Gasteiger partial charge in [0.1, 0.15) is 5.82 Å². The van der Waals surface area contributed by atoms with Crippen molar-refractivity contribution in [3.8, 4) is 0 Å². The zero-order valence-electron chi connectivity index (χ0n) is 16.1. The first-order valence-electron chi connectivity index (χ1n) is 9.50. The average molecular weight is 437 g/mol. The van der Waals surface area contributed by atoms with Crippen molar-refractivity contribution >= 4 is 38.7 Å². The van der Waals surface area contributed by atoms with Gasteiger partial charge in [0.2, 0.25) is 5.91 Å². The summed E-state index contributed by atoms with van der Waals surface area (Å²) in [7, 11) is 0. The predicted molar refractivity (Wildman–Crippen MR) is 112 cm³/mol. The van der Waals surface area contributed by atoms with E-state index in [1.54, 1.807) is 6.20 Å². The van der Waals surface area contributed by atoms with E-state index in [1.165, 1.54) is 0 Å². The van der Waals surface area contributed by atoms with Gasteiger partial charge in [0, 0.05) is 16.1 Å². The largest absolute Gasteiger partial charge is 0.310 e. The maximum Gasteiger partial charge on any atom is 0.238 e. The normalized spacial score (nSPS) is 27.0. The first kappa shape index (κ1) is 17.7. The van der Waals surface area contributed by atoms with E-state index >= 15 is 0 Å². The van der Waals surface area contributed by atoms with E-state index in [0.29, 0.717) is 5.82 Å². The fourth-order valence-electron chi connectivity index (χ4n) is 5.22. The summed E-state index contributed by atoms with van der Waals surface area (Å²) in [5.74, 6) is 0.508. The maximum atomic E-state index is 13.7. The quantitative estimate of drug-likeness (QED) is 0.628. The minimum Gasteiger partial charge on any atom is -0.310 e. The third-order valence-electron chi connectivity index (χ3n) is 7.30. The van der Waals surface area contributed by atoms with Crippen molar-refractivity contribution < 1.29 is 4.79 Å². The number of fused-ring (bicyclic) bond motifs is 6. The number of benzene rings is 1. The Bertz CT molecular complexity index is 1130. The maximum absolute atomic E-state index is 13.7. The molecule has 1 fully saturated rings. The molecule has 1 amide bonds. The second kappa shape index (κ2) is 5.60. The highest BCUT2D eigenvalue weighted by molar-refractivity contribution is 9.10. The molecule has 0 radical (unpaired) electrons. The van der Waals surface area contributed by atoms with Gasteiger partial charge in [-0.05, 0) is 58.5 Å². The number of carbonyl (C=O) groups excluding carboxylic acids is 1. The molecule has 2 aliphatic carbocycles. The monoisotopic (exact) mass is 436 g/mol. The van der Waals surface area contributed by atoms with Crippen LogP contribution in [0.25, 0.3) is 11.0 Å². The van der Waals surface area contributed by atoms with Crippen LogP contribution in [0.3, 0.4) is 0 Å². The Morgan fingerprint density at radius 3 is 2.32 bits per heavy atom. The average Bonchev–Trinajstić information content (AvgIpc) is 2.98. The highest BCUT2D eigenvalue weighted by atomic mass is 79.9. The molecule has 6 heteroatoms. The van der Waals surface area contributed by atoms with Gasteiger partial charge in [-0.3, -0.25) is 4.79 Å². The van der Waals surface area contributed by atoms with E-state index in [4.69, 9.17) is 9.97 Å². The molecule has 0 aliphatic heterocycles. The molecule has 2 bridgehead atoms. The van der Waals surface area contributed by atoms with Crippen LogP contribution in [0.2, 0.25) is 0 Å². The van der Waals surface area contributed by atoms with E-state index in [-0.39, 0.29) is 16.7 Å². The Morgan fingerprint density at radius 2 is 1.68 bits per heavy atom. The Kier molecular flexibility index (Phi) is 3.55. The number of para-hydroxylation sites is 2. The van der Waals surface area contributed by atoms with Crippen molar-refractivity contribution in [1.82, 2.24) is 15.0 Å². The first-order chi connectivity index (χ1) is 13.3. The Balaban J connectivity index is 1.69. The first-order valence-corrected chi connectivity index (χ1v) is 10.3. The zero-order chi connectivity index (χ0) is 19.7. The van der Waals surface area contributed by atoms with Crippen LogP contribution in [0, 0.1) is 5.41 Å². The molecule has 1 N–H and O–H groups in total. The number of anilines is 1. The molecule has 3 aromatic rings. The van der Waals surface area contributed by atoms with Crippen molar-refractivity contribution in [3.63, 3.8) is 0 Å². The van der Waals surface area contributed by atoms with E-state index in [2.05, 4.69) is 47.0 Å². The lowest BCUT2D eigenvalue weighted by Gasteiger charge is -2.39. The molecule has 2 heterocycles. The molecular formula is C22H21BrN4O. The number of hydrogen-bond donors (Lipinski definition) is 1. The molecule has 0 spiro atoms. The van der Waals surface area contributed by atoms with Gasteiger partial charge in [-0.25, -0.2) is 15.0 Å². The van der Waals surface area contributed by atoms with Crippen LogP contribution >= 0.6 is 15.9 Å². The van der Waals surface area contributed by atoms with Crippen molar-refractivity contribution in [2.24, 2.45) is 5.41 Å². The molecule has 142 valence electrons. The minimum absolute atomic E-state index is 0.0422. The van der Waals surface area contributed by atoms with Gasteiger partial charge in [0.05, 0.1) is 27.8 Å². The zero-order valence-corrected chi connectivity index (χ0v) is 17.7. The van der Waals surface area contributed by atoms with Crippen molar-refractivity contribution in [2.45, 2.75) is 44.4 Å². The number of pyridine rings is 1. The fourth-order valence-corrected chi connectivity index (χ4v) is 5.46. The van der Waals surface area contributed by atoms with Crippen molar-refractivity contribution in [3.05, 3.63) is 58.5 Å². The minimum atomic E-state index is -0.719. The summed E-state index contributed by atoms with van der Waals surface area (Å²) in [6.07, 6.45) is 3.37.